The van der Waals surface area contributed by atoms with Crippen molar-refractivity contribution in [2.45, 2.75) is 72.4 Å². The summed E-state index contributed by atoms with van der Waals surface area (Å²) in [6.45, 7) is 10.7. The third kappa shape index (κ3) is 5.69. The summed E-state index contributed by atoms with van der Waals surface area (Å²) in [5.74, 6) is 2.30. The molecule has 1 aliphatic carbocycles. The molecule has 0 saturated heterocycles. The smallest absolute Gasteiger partial charge is 0.337 e. The first-order valence-electron chi connectivity index (χ1n) is 13.2. The number of esters is 1. The summed E-state index contributed by atoms with van der Waals surface area (Å²) >= 11 is 0. The number of anilines is 1. The first kappa shape index (κ1) is 26.1. The highest BCUT2D eigenvalue weighted by atomic mass is 16.5. The predicted molar refractivity (Wildman–Crippen MR) is 146 cm³/mol. The van der Waals surface area contributed by atoms with Gasteiger partial charge in [0.25, 0.3) is 0 Å². The van der Waals surface area contributed by atoms with Gasteiger partial charge in [-0.05, 0) is 73.3 Å². The van der Waals surface area contributed by atoms with Crippen LogP contribution in [-0.2, 0) is 18.3 Å². The highest BCUT2D eigenvalue weighted by Crippen LogP contribution is 2.40. The largest absolute Gasteiger partial charge is 0.494 e. The Balaban J connectivity index is 1.65. The summed E-state index contributed by atoms with van der Waals surface area (Å²) in [5.41, 5.74) is 4.12. The lowest BCUT2D eigenvalue weighted by Gasteiger charge is -2.41. The molecule has 0 radical (unpaired) electrons. The maximum Gasteiger partial charge on any atom is 0.337 e. The van der Waals surface area contributed by atoms with Crippen molar-refractivity contribution in [3.63, 3.8) is 0 Å². The Morgan fingerprint density at radius 1 is 1.08 bits per heavy atom. The first-order chi connectivity index (χ1) is 17.2. The van der Waals surface area contributed by atoms with Crippen LogP contribution in [0.3, 0.4) is 0 Å². The van der Waals surface area contributed by atoms with Crippen molar-refractivity contribution < 1.29 is 14.3 Å². The molecule has 6 nitrogen and oxygen atoms in total. The molecular formula is C30H41N3O3. The van der Waals surface area contributed by atoms with Gasteiger partial charge in [-0.2, -0.15) is 0 Å². The van der Waals surface area contributed by atoms with E-state index in [-0.39, 0.29) is 5.97 Å². The van der Waals surface area contributed by atoms with Gasteiger partial charge < -0.3 is 18.9 Å². The summed E-state index contributed by atoms with van der Waals surface area (Å²) < 4.78 is 13.0. The molecule has 6 heteroatoms. The molecule has 1 heterocycles. The zero-order valence-electron chi connectivity index (χ0n) is 22.7. The van der Waals surface area contributed by atoms with Crippen LogP contribution in [0.2, 0.25) is 0 Å². The molecule has 0 N–H and O–H groups in total. The quantitative estimate of drug-likeness (QED) is 0.326. The number of carbonyl (C=O) groups is 1. The van der Waals surface area contributed by atoms with E-state index in [0.717, 1.165) is 60.0 Å². The van der Waals surface area contributed by atoms with E-state index in [4.69, 9.17) is 14.5 Å². The second-order valence-electron chi connectivity index (χ2n) is 11.2. The highest BCUT2D eigenvalue weighted by molar-refractivity contribution is 5.89. The molecule has 1 saturated carbocycles. The minimum Gasteiger partial charge on any atom is -0.494 e. The van der Waals surface area contributed by atoms with Crippen molar-refractivity contribution in [3.8, 4) is 5.75 Å². The van der Waals surface area contributed by atoms with Crippen molar-refractivity contribution in [1.29, 1.82) is 0 Å². The van der Waals surface area contributed by atoms with Crippen LogP contribution in [0.1, 0.15) is 75.7 Å². The third-order valence-electron chi connectivity index (χ3n) is 7.65. The minimum absolute atomic E-state index is 0.310. The molecule has 0 unspecified atom stereocenters. The Morgan fingerprint density at radius 2 is 1.78 bits per heavy atom. The highest BCUT2D eigenvalue weighted by Gasteiger charge is 2.33. The van der Waals surface area contributed by atoms with E-state index in [2.05, 4.69) is 56.3 Å². The van der Waals surface area contributed by atoms with E-state index in [1.165, 1.54) is 20.0 Å². The number of benzene rings is 2. The molecule has 0 aliphatic heterocycles. The molecule has 1 fully saturated rings. The summed E-state index contributed by atoms with van der Waals surface area (Å²) in [4.78, 5) is 19.5. The SMILES string of the molecule is CCCOc1ccc2nc(N(Cc3ccc(C(=O)OC)cc3)C3CCC(C(C)(C)C)CC3)n(C)c2c1. The van der Waals surface area contributed by atoms with Crippen LogP contribution < -0.4 is 9.64 Å². The number of nitrogens with zero attached hydrogens (tertiary/aromatic N) is 3. The molecule has 36 heavy (non-hydrogen) atoms. The first-order valence-corrected chi connectivity index (χ1v) is 13.2. The Kier molecular flexibility index (Phi) is 7.91. The fourth-order valence-electron chi connectivity index (χ4n) is 5.40. The van der Waals surface area contributed by atoms with E-state index < -0.39 is 0 Å². The molecule has 4 rings (SSSR count). The van der Waals surface area contributed by atoms with Gasteiger partial charge in [0.05, 0.1) is 30.3 Å². The lowest BCUT2D eigenvalue weighted by Crippen LogP contribution is -2.41. The van der Waals surface area contributed by atoms with Gasteiger partial charge in [0, 0.05) is 25.7 Å². The average molecular weight is 492 g/mol. The number of carbonyl (C=O) groups excluding carboxylic acids is 1. The Bertz CT molecular complexity index is 1170. The second kappa shape index (κ2) is 10.9. The number of hydrogen-bond donors (Lipinski definition) is 0. The van der Waals surface area contributed by atoms with Crippen molar-refractivity contribution >= 4 is 23.0 Å². The predicted octanol–water partition coefficient (Wildman–Crippen LogP) is 6.76. The number of aryl methyl sites for hydroxylation is 1. The van der Waals surface area contributed by atoms with Gasteiger partial charge in [0.1, 0.15) is 5.75 Å². The number of rotatable bonds is 8. The van der Waals surface area contributed by atoms with Crippen LogP contribution in [0.5, 0.6) is 5.75 Å². The molecule has 2 aromatic carbocycles. The van der Waals surface area contributed by atoms with Gasteiger partial charge in [0.15, 0.2) is 0 Å². The fraction of sp³-hybridized carbons (Fsp3) is 0.533. The summed E-state index contributed by atoms with van der Waals surface area (Å²) in [6.07, 6.45) is 5.73. The third-order valence-corrected chi connectivity index (χ3v) is 7.65. The van der Waals surface area contributed by atoms with E-state index in [1.54, 1.807) is 0 Å². The average Bonchev–Trinajstić information content (AvgIpc) is 3.21. The summed E-state index contributed by atoms with van der Waals surface area (Å²) in [5, 5.41) is 0. The molecule has 0 bridgehead atoms. The van der Waals surface area contributed by atoms with Gasteiger partial charge >= 0.3 is 5.97 Å². The number of methoxy groups -OCH3 is 1. The molecule has 1 aromatic heterocycles. The molecule has 1 aliphatic rings. The van der Waals surface area contributed by atoms with Crippen LogP contribution in [0.15, 0.2) is 42.5 Å². The maximum absolute atomic E-state index is 11.9. The van der Waals surface area contributed by atoms with E-state index in [1.807, 2.05) is 30.3 Å². The molecule has 0 spiro atoms. The van der Waals surface area contributed by atoms with Gasteiger partial charge in [-0.1, -0.05) is 39.8 Å². The molecule has 0 amide bonds. The Hall–Kier alpha value is -3.02. The minimum atomic E-state index is -0.310. The normalized spacial score (nSPS) is 18.3. The van der Waals surface area contributed by atoms with E-state index in [0.29, 0.717) is 23.6 Å². The van der Waals surface area contributed by atoms with Crippen LogP contribution in [0.4, 0.5) is 5.95 Å². The summed E-state index contributed by atoms with van der Waals surface area (Å²) in [6, 6.07) is 14.3. The Morgan fingerprint density at radius 3 is 2.39 bits per heavy atom. The topological polar surface area (TPSA) is 56.6 Å². The van der Waals surface area contributed by atoms with Gasteiger partial charge in [-0.25, -0.2) is 9.78 Å². The maximum atomic E-state index is 11.9. The number of ether oxygens (including phenoxy) is 2. The zero-order chi connectivity index (χ0) is 25.9. The molecular weight excluding hydrogens is 450 g/mol. The van der Waals surface area contributed by atoms with Crippen molar-refractivity contribution in [3.05, 3.63) is 53.6 Å². The van der Waals surface area contributed by atoms with E-state index >= 15 is 0 Å². The molecule has 194 valence electrons. The van der Waals surface area contributed by atoms with E-state index in [9.17, 15) is 4.79 Å². The van der Waals surface area contributed by atoms with Crippen LogP contribution in [-0.4, -0.2) is 35.3 Å². The Labute approximate surface area is 215 Å². The molecule has 3 aromatic rings. The second-order valence-corrected chi connectivity index (χ2v) is 11.2. The standard InChI is InChI=1S/C30H41N3O3/c1-7-18-36-25-16-17-26-27(19-25)32(5)29(31-26)33(24-14-12-23(13-15-24)30(2,3)4)20-21-8-10-22(11-9-21)28(34)35-6/h8-11,16-17,19,23-24H,7,12-15,18,20H2,1-6H3. The van der Waals surface area contributed by atoms with Crippen molar-refractivity contribution in [1.82, 2.24) is 9.55 Å². The monoisotopic (exact) mass is 491 g/mol. The van der Waals surface area contributed by atoms with Crippen molar-refractivity contribution in [2.24, 2.45) is 18.4 Å². The number of hydrogen-bond acceptors (Lipinski definition) is 5. The van der Waals surface area contributed by atoms with Crippen LogP contribution >= 0.6 is 0 Å². The van der Waals surface area contributed by atoms with Crippen LogP contribution in [0.25, 0.3) is 11.0 Å². The zero-order valence-corrected chi connectivity index (χ0v) is 22.7. The van der Waals surface area contributed by atoms with Gasteiger partial charge in [0.2, 0.25) is 5.95 Å². The number of aromatic nitrogens is 2. The lowest BCUT2D eigenvalue weighted by atomic mass is 9.71. The van der Waals surface area contributed by atoms with Gasteiger partial charge in [-0.3, -0.25) is 0 Å². The fourth-order valence-corrected chi connectivity index (χ4v) is 5.40. The number of imidazole rings is 1. The van der Waals surface area contributed by atoms with Crippen LogP contribution in [0, 0.1) is 11.3 Å². The lowest BCUT2D eigenvalue weighted by molar-refractivity contribution is 0.0600. The molecule has 0 atom stereocenters. The van der Waals surface area contributed by atoms with Gasteiger partial charge in [-0.15, -0.1) is 0 Å². The van der Waals surface area contributed by atoms with Crippen molar-refractivity contribution in [2.75, 3.05) is 18.6 Å². The number of fused-ring (bicyclic) bond motifs is 1. The summed E-state index contributed by atoms with van der Waals surface area (Å²) in [7, 11) is 3.51.